The van der Waals surface area contributed by atoms with E-state index < -0.39 is 0 Å². The molecule has 0 aliphatic carbocycles. The first-order chi connectivity index (χ1) is 13.6. The maximum absolute atomic E-state index is 12.4. The molecule has 3 heterocycles. The lowest BCUT2D eigenvalue weighted by Gasteiger charge is -2.26. The van der Waals surface area contributed by atoms with Crippen molar-refractivity contribution in [2.45, 2.75) is 12.3 Å². The van der Waals surface area contributed by atoms with Crippen LogP contribution in [-0.4, -0.2) is 37.5 Å². The zero-order valence-corrected chi connectivity index (χ0v) is 15.0. The Morgan fingerprint density at radius 2 is 1.96 bits per heavy atom. The van der Waals surface area contributed by atoms with Crippen molar-refractivity contribution < 1.29 is 14.7 Å². The summed E-state index contributed by atoms with van der Waals surface area (Å²) in [5.41, 5.74) is 5.53. The van der Waals surface area contributed by atoms with Crippen molar-refractivity contribution >= 4 is 40.0 Å². The van der Waals surface area contributed by atoms with Crippen molar-refractivity contribution in [2.75, 3.05) is 5.32 Å². The molecule has 1 amide bonds. The first-order valence-electron chi connectivity index (χ1n) is 8.67. The van der Waals surface area contributed by atoms with E-state index in [1.165, 1.54) is 0 Å². The summed E-state index contributed by atoms with van der Waals surface area (Å²) >= 11 is 0. The number of pyridine rings is 1. The van der Waals surface area contributed by atoms with Gasteiger partial charge < -0.3 is 10.4 Å². The highest BCUT2D eigenvalue weighted by Gasteiger charge is 2.30. The van der Waals surface area contributed by atoms with Gasteiger partial charge in [-0.25, -0.2) is 4.68 Å². The molecule has 28 heavy (non-hydrogen) atoms. The van der Waals surface area contributed by atoms with Crippen LogP contribution in [0.5, 0.6) is 0 Å². The Balaban J connectivity index is 0.000000604. The fraction of sp³-hybridized carbons (Fsp3) is 0.150. The molecule has 0 saturated carbocycles. The van der Waals surface area contributed by atoms with Crippen molar-refractivity contribution in [1.29, 1.82) is 0 Å². The van der Waals surface area contributed by atoms with E-state index in [4.69, 9.17) is 9.90 Å². The van der Waals surface area contributed by atoms with E-state index in [0.717, 1.165) is 38.8 Å². The number of anilines is 1. The smallest absolute Gasteiger partial charge is 0.290 e. The topological polar surface area (TPSA) is 110 Å². The molecular weight excluding hydrogens is 358 g/mol. The van der Waals surface area contributed by atoms with Crippen LogP contribution in [0.4, 0.5) is 5.69 Å². The van der Waals surface area contributed by atoms with Gasteiger partial charge in [0.15, 0.2) is 0 Å². The number of nitrogens with one attached hydrogen (secondary N) is 1. The number of carbonyl (C=O) groups is 2. The Morgan fingerprint density at radius 3 is 2.79 bits per heavy atom. The molecule has 0 radical (unpaired) electrons. The molecule has 4 aromatic rings. The number of hydrogen-bond donors (Lipinski definition) is 2. The van der Waals surface area contributed by atoms with Crippen LogP contribution in [0.25, 0.3) is 21.9 Å². The minimum atomic E-state index is -0.250. The number of benzene rings is 2. The van der Waals surface area contributed by atoms with Crippen LogP contribution >= 0.6 is 0 Å². The molecule has 8 nitrogen and oxygen atoms in total. The third-order valence-electron chi connectivity index (χ3n) is 4.90. The predicted molar refractivity (Wildman–Crippen MR) is 104 cm³/mol. The second-order valence-corrected chi connectivity index (χ2v) is 6.44. The zero-order chi connectivity index (χ0) is 19.7. The Bertz CT molecular complexity index is 1200. The molecule has 1 aliphatic heterocycles. The summed E-state index contributed by atoms with van der Waals surface area (Å²) in [5.74, 6) is -0.0281. The quantitative estimate of drug-likeness (QED) is 0.495. The van der Waals surface area contributed by atoms with E-state index in [2.05, 4.69) is 32.7 Å². The van der Waals surface area contributed by atoms with Crippen LogP contribution in [0.2, 0.25) is 0 Å². The van der Waals surface area contributed by atoms with E-state index >= 15 is 0 Å². The van der Waals surface area contributed by atoms with Crippen LogP contribution in [-0.2, 0) is 16.6 Å². The first kappa shape index (κ1) is 17.6. The Hall–Kier alpha value is -3.81. The van der Waals surface area contributed by atoms with E-state index in [0.29, 0.717) is 6.42 Å². The molecule has 8 heteroatoms. The van der Waals surface area contributed by atoms with Crippen LogP contribution in [0.3, 0.4) is 0 Å². The number of carbonyl (C=O) groups excluding carboxylic acids is 1. The Labute approximate surface area is 159 Å². The van der Waals surface area contributed by atoms with Gasteiger partial charge in [0.05, 0.1) is 16.7 Å². The van der Waals surface area contributed by atoms with Crippen molar-refractivity contribution in [3.05, 3.63) is 59.8 Å². The van der Waals surface area contributed by atoms with E-state index in [9.17, 15) is 4.79 Å². The summed E-state index contributed by atoms with van der Waals surface area (Å²) in [5, 5.41) is 19.3. The molecule has 0 spiro atoms. The summed E-state index contributed by atoms with van der Waals surface area (Å²) in [6.45, 7) is -0.250. The van der Waals surface area contributed by atoms with E-state index in [1.54, 1.807) is 4.68 Å². The molecule has 1 atom stereocenters. The largest absolute Gasteiger partial charge is 0.483 e. The van der Waals surface area contributed by atoms with Crippen LogP contribution < -0.4 is 5.32 Å². The van der Waals surface area contributed by atoms with Gasteiger partial charge in [0.2, 0.25) is 5.91 Å². The first-order valence-corrected chi connectivity index (χ1v) is 8.67. The molecule has 1 aliphatic rings. The molecule has 140 valence electrons. The lowest BCUT2D eigenvalue weighted by Crippen LogP contribution is -2.24. The number of carboxylic acid groups (broad SMARTS) is 1. The number of fused-ring (bicyclic) bond motifs is 4. The molecule has 5 rings (SSSR count). The second-order valence-electron chi connectivity index (χ2n) is 6.44. The van der Waals surface area contributed by atoms with Crippen molar-refractivity contribution in [3.8, 4) is 0 Å². The molecule has 1 unspecified atom stereocenters. The minimum absolute atomic E-state index is 0.00320. The Morgan fingerprint density at radius 1 is 1.18 bits per heavy atom. The highest BCUT2D eigenvalue weighted by molar-refractivity contribution is 6.04. The van der Waals surface area contributed by atoms with Gasteiger partial charge in [0.25, 0.3) is 6.47 Å². The van der Waals surface area contributed by atoms with Gasteiger partial charge in [0, 0.05) is 31.0 Å². The number of hydrogen-bond acceptors (Lipinski definition) is 5. The van der Waals surface area contributed by atoms with Crippen LogP contribution in [0, 0.1) is 0 Å². The summed E-state index contributed by atoms with van der Waals surface area (Å²) in [6.07, 6.45) is 2.22. The third kappa shape index (κ3) is 2.84. The van der Waals surface area contributed by atoms with Crippen LogP contribution in [0.15, 0.2) is 48.7 Å². The van der Waals surface area contributed by atoms with Crippen molar-refractivity contribution in [2.24, 2.45) is 7.05 Å². The number of para-hydroxylation sites is 1. The summed E-state index contributed by atoms with van der Waals surface area (Å²) in [6, 6.07) is 14.1. The third-order valence-corrected chi connectivity index (χ3v) is 4.90. The lowest BCUT2D eigenvalue weighted by molar-refractivity contribution is -0.123. The van der Waals surface area contributed by atoms with Gasteiger partial charge in [-0.05, 0) is 29.3 Å². The fourth-order valence-corrected chi connectivity index (χ4v) is 3.72. The number of nitrogens with zero attached hydrogens (tertiary/aromatic N) is 4. The standard InChI is InChI=1S/C19H15N5O.CH2O2/c1-24-16-7-6-13-14(10-17(25)21-18(13)19(16)22-23-24)11-8-9-20-15-5-3-2-4-12(11)15;2-1-3/h2-9,14H,10H2,1H3,(H,21,25);1H,(H,2,3). The van der Waals surface area contributed by atoms with Gasteiger partial charge in [-0.1, -0.05) is 29.5 Å². The molecule has 2 aromatic heterocycles. The minimum Gasteiger partial charge on any atom is -0.483 e. The van der Waals surface area contributed by atoms with E-state index in [-0.39, 0.29) is 18.3 Å². The summed E-state index contributed by atoms with van der Waals surface area (Å²) < 4.78 is 1.72. The Kier molecular flexibility index (Phi) is 4.44. The zero-order valence-electron chi connectivity index (χ0n) is 15.0. The molecule has 0 saturated heterocycles. The monoisotopic (exact) mass is 375 g/mol. The molecule has 2 N–H and O–H groups in total. The lowest BCUT2D eigenvalue weighted by atomic mass is 9.83. The van der Waals surface area contributed by atoms with Gasteiger partial charge in [-0.2, -0.15) is 0 Å². The normalized spacial score (nSPS) is 15.5. The number of rotatable bonds is 1. The van der Waals surface area contributed by atoms with Gasteiger partial charge in [-0.15, -0.1) is 5.10 Å². The molecule has 2 aromatic carbocycles. The maximum Gasteiger partial charge on any atom is 0.290 e. The average Bonchev–Trinajstić information content (AvgIpc) is 3.09. The maximum atomic E-state index is 12.4. The SMILES string of the molecule is Cn1nnc2c3c(ccc21)C(c1ccnc2ccccc12)CC(=O)N3.O=CO. The molecule has 0 bridgehead atoms. The number of aromatic nitrogens is 4. The van der Waals surface area contributed by atoms with E-state index in [1.807, 2.05) is 43.6 Å². The number of aryl methyl sites for hydroxylation is 1. The summed E-state index contributed by atoms with van der Waals surface area (Å²) in [7, 11) is 1.85. The predicted octanol–water partition coefficient (Wildman–Crippen LogP) is 2.69. The second kappa shape index (κ2) is 7.07. The van der Waals surface area contributed by atoms with Crippen molar-refractivity contribution in [1.82, 2.24) is 20.0 Å². The number of amides is 1. The van der Waals surface area contributed by atoms with Gasteiger partial charge in [0.1, 0.15) is 5.52 Å². The van der Waals surface area contributed by atoms with Crippen molar-refractivity contribution in [3.63, 3.8) is 0 Å². The molecule has 0 fully saturated rings. The average molecular weight is 375 g/mol. The fourth-order valence-electron chi connectivity index (χ4n) is 3.72. The molecular formula is C20H17N5O3. The van der Waals surface area contributed by atoms with Crippen LogP contribution in [0.1, 0.15) is 23.5 Å². The summed E-state index contributed by atoms with van der Waals surface area (Å²) in [4.78, 5) is 25.2. The van der Waals surface area contributed by atoms with Gasteiger partial charge >= 0.3 is 0 Å². The highest BCUT2D eigenvalue weighted by atomic mass is 16.3. The highest BCUT2D eigenvalue weighted by Crippen LogP contribution is 2.41. The van der Waals surface area contributed by atoms with Gasteiger partial charge in [-0.3, -0.25) is 14.6 Å².